The van der Waals surface area contributed by atoms with Crippen LogP contribution in [0.2, 0.25) is 0 Å². The average molecular weight is 217 g/mol. The van der Waals surface area contributed by atoms with Crippen LogP contribution in [-0.2, 0) is 4.74 Å². The molecule has 2 aromatic rings. The van der Waals surface area contributed by atoms with Crippen molar-refractivity contribution in [3.8, 4) is 0 Å². The van der Waals surface area contributed by atoms with Gasteiger partial charge in [-0.05, 0) is 24.6 Å². The van der Waals surface area contributed by atoms with Crippen LogP contribution in [0.5, 0.6) is 0 Å². The fourth-order valence-corrected chi connectivity index (χ4v) is 1.52. The summed E-state index contributed by atoms with van der Waals surface area (Å²) in [5, 5.41) is 0.803. The minimum Gasteiger partial charge on any atom is -0.465 e. The van der Waals surface area contributed by atoms with Gasteiger partial charge in [0.05, 0.1) is 12.7 Å². The van der Waals surface area contributed by atoms with E-state index in [0.29, 0.717) is 17.0 Å². The lowest BCUT2D eigenvalue weighted by Crippen LogP contribution is -2.03. The van der Waals surface area contributed by atoms with Crippen molar-refractivity contribution in [3.05, 3.63) is 29.5 Å². The third-order valence-corrected chi connectivity index (χ3v) is 2.31. The Morgan fingerprint density at radius 1 is 1.44 bits per heavy atom. The summed E-state index contributed by atoms with van der Waals surface area (Å²) in [7, 11) is 1.33. The predicted octanol–water partition coefficient (Wildman–Crippen LogP) is 1.31. The number of carbonyl (C=O) groups excluding carboxylic acids is 1. The molecule has 0 spiro atoms. The molecule has 16 heavy (non-hydrogen) atoms. The van der Waals surface area contributed by atoms with E-state index in [-0.39, 0.29) is 0 Å². The molecule has 0 saturated carbocycles. The first-order valence-electron chi connectivity index (χ1n) is 4.73. The Hall–Kier alpha value is -2.17. The third kappa shape index (κ3) is 1.67. The van der Waals surface area contributed by atoms with Crippen LogP contribution in [0.1, 0.15) is 15.9 Å². The van der Waals surface area contributed by atoms with Crippen LogP contribution in [0.25, 0.3) is 11.0 Å². The van der Waals surface area contributed by atoms with E-state index in [2.05, 4.69) is 14.7 Å². The van der Waals surface area contributed by atoms with Crippen molar-refractivity contribution in [1.29, 1.82) is 0 Å². The molecule has 0 aliphatic rings. The highest BCUT2D eigenvalue weighted by atomic mass is 16.5. The van der Waals surface area contributed by atoms with Crippen LogP contribution < -0.4 is 5.73 Å². The lowest BCUT2D eigenvalue weighted by Gasteiger charge is -2.04. The topological polar surface area (TPSA) is 78.1 Å². The summed E-state index contributed by atoms with van der Waals surface area (Å²) in [6.07, 6.45) is 1.43. The van der Waals surface area contributed by atoms with E-state index in [0.717, 1.165) is 10.9 Å². The maximum atomic E-state index is 11.3. The quantitative estimate of drug-likeness (QED) is 0.728. The summed E-state index contributed by atoms with van der Waals surface area (Å²) in [5.41, 5.74) is 7.48. The number of nitrogens with zero attached hydrogens (tertiary/aromatic N) is 2. The molecule has 82 valence electrons. The highest BCUT2D eigenvalue weighted by Crippen LogP contribution is 2.18. The maximum absolute atomic E-state index is 11.3. The van der Waals surface area contributed by atoms with Gasteiger partial charge in [-0.1, -0.05) is 0 Å². The van der Waals surface area contributed by atoms with E-state index in [1.165, 1.54) is 13.3 Å². The van der Waals surface area contributed by atoms with E-state index in [1.807, 2.05) is 6.92 Å². The van der Waals surface area contributed by atoms with E-state index >= 15 is 0 Å². The first-order chi connectivity index (χ1) is 7.61. The fraction of sp³-hybridized carbons (Fsp3) is 0.182. The smallest absolute Gasteiger partial charge is 0.339 e. The van der Waals surface area contributed by atoms with Crippen molar-refractivity contribution in [3.63, 3.8) is 0 Å². The van der Waals surface area contributed by atoms with Gasteiger partial charge in [-0.3, -0.25) is 0 Å². The van der Waals surface area contributed by atoms with Crippen molar-refractivity contribution in [1.82, 2.24) is 9.97 Å². The normalized spacial score (nSPS) is 10.4. The van der Waals surface area contributed by atoms with Crippen molar-refractivity contribution < 1.29 is 9.53 Å². The molecule has 0 unspecified atom stereocenters. The molecule has 5 heteroatoms. The number of carbonyl (C=O) groups is 1. The molecule has 0 aromatic carbocycles. The number of hydrogen-bond acceptors (Lipinski definition) is 5. The number of anilines is 1. The van der Waals surface area contributed by atoms with Gasteiger partial charge in [-0.2, -0.15) is 0 Å². The van der Waals surface area contributed by atoms with Gasteiger partial charge in [-0.15, -0.1) is 0 Å². The molecule has 0 aliphatic carbocycles. The molecule has 0 aliphatic heterocycles. The summed E-state index contributed by atoms with van der Waals surface area (Å²) in [4.78, 5) is 19.5. The number of aryl methyl sites for hydroxylation is 1. The molecule has 0 saturated heterocycles. The molecular weight excluding hydrogens is 206 g/mol. The number of aromatic nitrogens is 2. The van der Waals surface area contributed by atoms with Crippen molar-refractivity contribution in [2.45, 2.75) is 6.92 Å². The fourth-order valence-electron chi connectivity index (χ4n) is 1.52. The Bertz CT molecular complexity index is 566. The molecule has 0 radical (unpaired) electrons. The van der Waals surface area contributed by atoms with Gasteiger partial charge in [0.15, 0.2) is 5.65 Å². The second kappa shape index (κ2) is 3.77. The van der Waals surface area contributed by atoms with Gasteiger partial charge in [0.2, 0.25) is 0 Å². The number of hydrogen-bond donors (Lipinski definition) is 1. The first kappa shape index (κ1) is 10.4. The number of pyridine rings is 2. The summed E-state index contributed by atoms with van der Waals surface area (Å²) >= 11 is 0. The van der Waals surface area contributed by atoms with Gasteiger partial charge in [-0.25, -0.2) is 14.8 Å². The summed E-state index contributed by atoms with van der Waals surface area (Å²) in [5.74, 6) is 0.00828. The minimum atomic E-state index is -0.411. The lowest BCUT2D eigenvalue weighted by molar-refractivity contribution is 0.0600. The van der Waals surface area contributed by atoms with Gasteiger partial charge in [0.1, 0.15) is 5.82 Å². The van der Waals surface area contributed by atoms with Crippen molar-refractivity contribution in [2.24, 2.45) is 0 Å². The number of esters is 1. The number of rotatable bonds is 1. The third-order valence-electron chi connectivity index (χ3n) is 2.31. The second-order valence-electron chi connectivity index (χ2n) is 3.45. The van der Waals surface area contributed by atoms with Gasteiger partial charge in [0, 0.05) is 11.6 Å². The Morgan fingerprint density at radius 3 is 2.88 bits per heavy atom. The Morgan fingerprint density at radius 2 is 2.19 bits per heavy atom. The monoisotopic (exact) mass is 217 g/mol. The zero-order valence-corrected chi connectivity index (χ0v) is 9.02. The van der Waals surface area contributed by atoms with Gasteiger partial charge in [0.25, 0.3) is 0 Å². The summed E-state index contributed by atoms with van der Waals surface area (Å²) in [6.45, 7) is 1.89. The van der Waals surface area contributed by atoms with Gasteiger partial charge < -0.3 is 10.5 Å². The average Bonchev–Trinajstić information content (AvgIpc) is 2.27. The molecule has 2 N–H and O–H groups in total. The van der Waals surface area contributed by atoms with Crippen LogP contribution >= 0.6 is 0 Å². The molecule has 2 heterocycles. The molecule has 0 bridgehead atoms. The van der Waals surface area contributed by atoms with E-state index in [4.69, 9.17) is 5.73 Å². The SMILES string of the molecule is COC(=O)c1cnc2nc(N)cc(C)c2c1. The largest absolute Gasteiger partial charge is 0.465 e. The van der Waals surface area contributed by atoms with Crippen LogP contribution in [0.15, 0.2) is 18.3 Å². The van der Waals surface area contributed by atoms with E-state index < -0.39 is 5.97 Å². The zero-order valence-electron chi connectivity index (χ0n) is 9.02. The van der Waals surface area contributed by atoms with Crippen LogP contribution in [0, 0.1) is 6.92 Å². The Kier molecular flexibility index (Phi) is 2.44. The molecule has 5 nitrogen and oxygen atoms in total. The van der Waals surface area contributed by atoms with Crippen LogP contribution in [0.3, 0.4) is 0 Å². The predicted molar refractivity (Wildman–Crippen MR) is 60.0 cm³/mol. The molecular formula is C11H11N3O2. The van der Waals surface area contributed by atoms with E-state index in [9.17, 15) is 4.79 Å². The number of fused-ring (bicyclic) bond motifs is 1. The first-order valence-corrected chi connectivity index (χ1v) is 4.73. The van der Waals surface area contributed by atoms with Crippen LogP contribution in [-0.4, -0.2) is 23.0 Å². The van der Waals surface area contributed by atoms with Crippen molar-refractivity contribution >= 4 is 22.8 Å². The molecule has 2 aromatic heterocycles. The molecule has 2 rings (SSSR count). The summed E-state index contributed by atoms with van der Waals surface area (Å²) in [6, 6.07) is 3.45. The van der Waals surface area contributed by atoms with Gasteiger partial charge >= 0.3 is 5.97 Å². The zero-order chi connectivity index (χ0) is 11.7. The lowest BCUT2D eigenvalue weighted by atomic mass is 10.1. The standard InChI is InChI=1S/C11H11N3O2/c1-6-3-9(12)14-10-8(6)4-7(5-13-10)11(15)16-2/h3-5H,1-2H3,(H2,12,13,14). The van der Waals surface area contributed by atoms with Crippen molar-refractivity contribution in [2.75, 3.05) is 12.8 Å². The molecule has 0 fully saturated rings. The number of ether oxygens (including phenoxy) is 1. The summed E-state index contributed by atoms with van der Waals surface area (Å²) < 4.78 is 4.62. The molecule has 0 atom stereocenters. The second-order valence-corrected chi connectivity index (χ2v) is 3.45. The maximum Gasteiger partial charge on any atom is 0.339 e. The highest BCUT2D eigenvalue weighted by molar-refractivity contribution is 5.93. The minimum absolute atomic E-state index is 0.407. The molecule has 0 amide bonds. The number of nitrogens with two attached hydrogens (primary N) is 1. The van der Waals surface area contributed by atoms with E-state index in [1.54, 1.807) is 12.1 Å². The Labute approximate surface area is 92.3 Å². The Balaban J connectivity index is 2.66. The number of nitrogen functional groups attached to an aromatic ring is 1. The highest BCUT2D eigenvalue weighted by Gasteiger charge is 2.09. The number of methoxy groups -OCH3 is 1. The van der Waals surface area contributed by atoms with Crippen LogP contribution in [0.4, 0.5) is 5.82 Å².